The van der Waals surface area contributed by atoms with Gasteiger partial charge < -0.3 is 10.2 Å². The number of benzene rings is 3. The predicted octanol–water partition coefficient (Wildman–Crippen LogP) is 4.87. The van der Waals surface area contributed by atoms with Gasteiger partial charge in [-0.3, -0.25) is 13.9 Å². The first kappa shape index (κ1) is 28.2. The maximum atomic E-state index is 13.8. The van der Waals surface area contributed by atoms with Crippen molar-refractivity contribution >= 4 is 39.1 Å². The smallest absolute Gasteiger partial charge is 0.264 e. The number of nitrogens with one attached hydrogen (secondary N) is 1. The van der Waals surface area contributed by atoms with Crippen LogP contribution in [0.3, 0.4) is 0 Å². The fraction of sp³-hybridized carbons (Fsp3) is 0.286. The summed E-state index contributed by atoms with van der Waals surface area (Å²) >= 11 is 6.37. The van der Waals surface area contributed by atoms with Gasteiger partial charge in [-0.2, -0.15) is 0 Å². The van der Waals surface area contributed by atoms with Crippen molar-refractivity contribution in [3.05, 3.63) is 95.5 Å². The molecule has 3 rings (SSSR count). The summed E-state index contributed by atoms with van der Waals surface area (Å²) in [5.41, 5.74) is 0.993. The summed E-state index contributed by atoms with van der Waals surface area (Å²) in [6.07, 6.45) is 0.730. The number of para-hydroxylation sites is 1. The van der Waals surface area contributed by atoms with Gasteiger partial charge in [0.25, 0.3) is 10.0 Å². The molecule has 0 saturated heterocycles. The third-order valence-electron chi connectivity index (χ3n) is 6.12. The van der Waals surface area contributed by atoms with E-state index in [4.69, 9.17) is 11.6 Å². The van der Waals surface area contributed by atoms with Crippen LogP contribution in [0.15, 0.2) is 89.8 Å². The molecule has 196 valence electrons. The highest BCUT2D eigenvalue weighted by Crippen LogP contribution is 2.25. The van der Waals surface area contributed by atoms with Gasteiger partial charge in [-0.1, -0.05) is 73.1 Å². The summed E-state index contributed by atoms with van der Waals surface area (Å²) in [6, 6.07) is 22.5. The first-order valence-electron chi connectivity index (χ1n) is 12.1. The second-order valence-electron chi connectivity index (χ2n) is 8.77. The molecule has 3 aromatic rings. The lowest BCUT2D eigenvalue weighted by Crippen LogP contribution is -2.52. The summed E-state index contributed by atoms with van der Waals surface area (Å²) < 4.78 is 28.4. The van der Waals surface area contributed by atoms with E-state index in [9.17, 15) is 18.0 Å². The first-order valence-corrected chi connectivity index (χ1v) is 13.9. The number of rotatable bonds is 11. The van der Waals surface area contributed by atoms with E-state index in [0.29, 0.717) is 16.3 Å². The molecule has 37 heavy (non-hydrogen) atoms. The van der Waals surface area contributed by atoms with E-state index in [0.717, 1.165) is 10.7 Å². The summed E-state index contributed by atoms with van der Waals surface area (Å²) in [7, 11) is -4.07. The van der Waals surface area contributed by atoms with Crippen LogP contribution >= 0.6 is 11.6 Å². The molecule has 0 heterocycles. The molecule has 0 fully saturated rings. The number of halogens is 1. The molecule has 0 aliphatic heterocycles. The van der Waals surface area contributed by atoms with Crippen LogP contribution in [0.4, 0.5) is 5.69 Å². The zero-order valence-corrected chi connectivity index (χ0v) is 22.7. The molecule has 0 unspecified atom stereocenters. The lowest BCUT2D eigenvalue weighted by atomic mass is 10.1. The number of hydrogen-bond acceptors (Lipinski definition) is 4. The van der Waals surface area contributed by atoms with Crippen LogP contribution < -0.4 is 9.62 Å². The highest BCUT2D eigenvalue weighted by molar-refractivity contribution is 7.92. The molecular formula is C28H32ClN3O4S. The van der Waals surface area contributed by atoms with Crippen LogP contribution in [0, 0.1) is 0 Å². The Morgan fingerprint density at radius 1 is 0.892 bits per heavy atom. The quantitative estimate of drug-likeness (QED) is 0.375. The average molecular weight is 542 g/mol. The monoisotopic (exact) mass is 541 g/mol. The topological polar surface area (TPSA) is 86.8 Å². The van der Waals surface area contributed by atoms with Crippen LogP contribution in [0.25, 0.3) is 0 Å². The fourth-order valence-corrected chi connectivity index (χ4v) is 5.33. The van der Waals surface area contributed by atoms with E-state index in [2.05, 4.69) is 5.32 Å². The van der Waals surface area contributed by atoms with Crippen molar-refractivity contribution in [1.29, 1.82) is 0 Å². The Labute approximate surface area is 224 Å². The van der Waals surface area contributed by atoms with Crippen molar-refractivity contribution in [2.24, 2.45) is 0 Å². The van der Waals surface area contributed by atoms with Crippen molar-refractivity contribution < 1.29 is 18.0 Å². The lowest BCUT2D eigenvalue weighted by Gasteiger charge is -2.32. The molecule has 0 aromatic heterocycles. The van der Waals surface area contributed by atoms with E-state index in [1.807, 2.05) is 13.8 Å². The van der Waals surface area contributed by atoms with Gasteiger partial charge >= 0.3 is 0 Å². The minimum atomic E-state index is -4.07. The lowest BCUT2D eigenvalue weighted by molar-refractivity contribution is -0.139. The highest BCUT2D eigenvalue weighted by atomic mass is 35.5. The number of carbonyl (C=O) groups is 2. The zero-order chi connectivity index (χ0) is 27.0. The Balaban J connectivity index is 2.00. The highest BCUT2D eigenvalue weighted by Gasteiger charge is 2.32. The number of carbonyl (C=O) groups excluding carboxylic acids is 2. The maximum Gasteiger partial charge on any atom is 0.264 e. The standard InChI is InChI=1S/C28H32ClN3O4S/c1-4-21(2)30-28(34)22(3)31(19-23-13-11-12-18-26(23)29)27(33)20-32(24-14-7-5-8-15-24)37(35,36)25-16-9-6-10-17-25/h5-18,21-22H,4,19-20H2,1-3H3,(H,30,34)/t21-,22+/m1/s1. The molecule has 0 spiro atoms. The molecule has 7 nitrogen and oxygen atoms in total. The van der Waals surface area contributed by atoms with Crippen LogP contribution in [0.2, 0.25) is 5.02 Å². The van der Waals surface area contributed by atoms with Gasteiger partial charge in [-0.05, 0) is 56.2 Å². The molecule has 1 N–H and O–H groups in total. The van der Waals surface area contributed by atoms with Gasteiger partial charge in [0.1, 0.15) is 12.6 Å². The van der Waals surface area contributed by atoms with E-state index < -0.39 is 28.5 Å². The van der Waals surface area contributed by atoms with Crippen LogP contribution in [0.5, 0.6) is 0 Å². The minimum absolute atomic E-state index is 0.0433. The molecule has 9 heteroatoms. The van der Waals surface area contributed by atoms with Gasteiger partial charge in [0.15, 0.2) is 0 Å². The third-order valence-corrected chi connectivity index (χ3v) is 8.28. The Morgan fingerprint density at radius 2 is 1.46 bits per heavy atom. The van der Waals surface area contributed by atoms with Crippen LogP contribution in [-0.4, -0.2) is 43.8 Å². The first-order chi connectivity index (χ1) is 17.6. The maximum absolute atomic E-state index is 13.8. The Morgan fingerprint density at radius 3 is 2.05 bits per heavy atom. The summed E-state index contributed by atoms with van der Waals surface area (Å²) in [6.45, 7) is 5.02. The minimum Gasteiger partial charge on any atom is -0.352 e. The number of amides is 2. The fourth-order valence-electron chi connectivity index (χ4n) is 3.70. The van der Waals surface area contributed by atoms with Crippen molar-refractivity contribution in [3.63, 3.8) is 0 Å². The molecule has 0 bridgehead atoms. The van der Waals surface area contributed by atoms with Gasteiger partial charge in [0.2, 0.25) is 11.8 Å². The molecular weight excluding hydrogens is 510 g/mol. The molecule has 0 aliphatic rings. The Kier molecular flexibility index (Phi) is 9.72. The zero-order valence-electron chi connectivity index (χ0n) is 21.2. The summed E-state index contributed by atoms with van der Waals surface area (Å²) in [5.74, 6) is -0.859. The summed E-state index contributed by atoms with van der Waals surface area (Å²) in [5, 5.41) is 3.36. The molecule has 0 radical (unpaired) electrons. The number of sulfonamides is 1. The van der Waals surface area contributed by atoms with Crippen molar-refractivity contribution in [2.75, 3.05) is 10.8 Å². The van der Waals surface area contributed by atoms with Crippen molar-refractivity contribution in [1.82, 2.24) is 10.2 Å². The Hall–Kier alpha value is -3.36. The largest absolute Gasteiger partial charge is 0.352 e. The van der Waals surface area contributed by atoms with E-state index >= 15 is 0 Å². The third kappa shape index (κ3) is 7.11. The second-order valence-corrected chi connectivity index (χ2v) is 11.0. The average Bonchev–Trinajstić information content (AvgIpc) is 2.91. The van der Waals surface area contributed by atoms with E-state index in [1.54, 1.807) is 79.7 Å². The van der Waals surface area contributed by atoms with Gasteiger partial charge in [-0.15, -0.1) is 0 Å². The molecule has 0 saturated carbocycles. The number of nitrogens with zero attached hydrogens (tertiary/aromatic N) is 2. The van der Waals surface area contributed by atoms with Gasteiger partial charge in [0, 0.05) is 17.6 Å². The van der Waals surface area contributed by atoms with Gasteiger partial charge in [-0.25, -0.2) is 8.42 Å². The molecule has 2 amide bonds. The molecule has 0 aliphatic carbocycles. The normalized spacial score (nSPS) is 12.9. The predicted molar refractivity (Wildman–Crippen MR) is 147 cm³/mol. The van der Waals surface area contributed by atoms with Crippen molar-refractivity contribution in [2.45, 2.75) is 50.7 Å². The number of hydrogen-bond donors (Lipinski definition) is 1. The van der Waals surface area contributed by atoms with Crippen LogP contribution in [0.1, 0.15) is 32.8 Å². The van der Waals surface area contributed by atoms with Crippen LogP contribution in [-0.2, 0) is 26.2 Å². The summed E-state index contributed by atoms with van der Waals surface area (Å²) in [4.78, 5) is 28.3. The molecule has 2 atom stereocenters. The van der Waals surface area contributed by atoms with E-state index in [1.165, 1.54) is 17.0 Å². The molecule has 3 aromatic carbocycles. The SMILES string of the molecule is CC[C@@H](C)NC(=O)[C@H](C)N(Cc1ccccc1Cl)C(=O)CN(c1ccccc1)S(=O)(=O)c1ccccc1. The van der Waals surface area contributed by atoms with E-state index in [-0.39, 0.29) is 23.4 Å². The second kappa shape index (κ2) is 12.7. The van der Waals surface area contributed by atoms with Crippen molar-refractivity contribution in [3.8, 4) is 0 Å². The number of anilines is 1. The Bertz CT molecular complexity index is 1300. The van der Waals surface area contributed by atoms with Gasteiger partial charge in [0.05, 0.1) is 10.6 Å².